The first-order valence-electron chi connectivity index (χ1n) is 9.98. The Morgan fingerprint density at radius 1 is 1.20 bits per heavy atom. The second-order valence-electron chi connectivity index (χ2n) is 7.72. The van der Waals surface area contributed by atoms with Crippen LogP contribution in [-0.2, 0) is 16.0 Å². The van der Waals surface area contributed by atoms with E-state index in [1.165, 1.54) is 6.07 Å². The van der Waals surface area contributed by atoms with Crippen LogP contribution in [0.2, 0.25) is 5.02 Å². The van der Waals surface area contributed by atoms with Gasteiger partial charge in [0.25, 0.3) is 0 Å². The van der Waals surface area contributed by atoms with E-state index in [2.05, 4.69) is 10.2 Å². The minimum atomic E-state index is -0.437. The topological polar surface area (TPSA) is 52.7 Å². The van der Waals surface area contributed by atoms with Gasteiger partial charge >= 0.3 is 0 Å². The van der Waals surface area contributed by atoms with Crippen molar-refractivity contribution in [3.63, 3.8) is 0 Å². The number of amides is 1. The monoisotopic (exact) mass is 427 g/mol. The van der Waals surface area contributed by atoms with Gasteiger partial charge in [0.1, 0.15) is 5.82 Å². The van der Waals surface area contributed by atoms with Gasteiger partial charge in [0, 0.05) is 43.5 Å². The molecule has 1 amide bonds. The molecule has 0 unspecified atom stereocenters. The van der Waals surface area contributed by atoms with Crippen LogP contribution in [0.15, 0.2) is 42.5 Å². The minimum absolute atomic E-state index is 0.0206. The molecule has 1 aliphatic heterocycles. The molecule has 1 atom stereocenters. The molecule has 0 spiro atoms. The molecule has 2 aromatic carbocycles. The number of fused-ring (bicyclic) bond motifs is 1. The summed E-state index contributed by atoms with van der Waals surface area (Å²) in [4.78, 5) is 28.1. The van der Waals surface area contributed by atoms with Gasteiger partial charge in [-0.15, -0.1) is 0 Å². The Labute approximate surface area is 180 Å². The molecular formula is C23H23ClFN3O2. The number of nitrogens with zero attached hydrogens (tertiary/aromatic N) is 2. The summed E-state index contributed by atoms with van der Waals surface area (Å²) in [5, 5.41) is 3.29. The second kappa shape index (κ2) is 8.48. The molecule has 156 valence electrons. The fourth-order valence-corrected chi connectivity index (χ4v) is 4.09. The zero-order chi connectivity index (χ0) is 21.3. The number of hydrogen-bond acceptors (Lipinski definition) is 4. The van der Waals surface area contributed by atoms with Crippen LogP contribution in [0.5, 0.6) is 0 Å². The van der Waals surface area contributed by atoms with Crippen molar-refractivity contribution in [2.24, 2.45) is 0 Å². The summed E-state index contributed by atoms with van der Waals surface area (Å²) in [7, 11) is 0. The zero-order valence-corrected chi connectivity index (χ0v) is 17.5. The first-order chi connectivity index (χ1) is 14.4. The van der Waals surface area contributed by atoms with E-state index in [-0.39, 0.29) is 29.3 Å². The van der Waals surface area contributed by atoms with Crippen LogP contribution in [0.3, 0.4) is 0 Å². The number of anilines is 2. The Bertz CT molecular complexity index is 1020. The van der Waals surface area contributed by atoms with Gasteiger partial charge < -0.3 is 15.1 Å². The van der Waals surface area contributed by atoms with E-state index in [1.807, 2.05) is 36.1 Å². The summed E-state index contributed by atoms with van der Waals surface area (Å²) in [5.41, 5.74) is 3.63. The lowest BCUT2D eigenvalue weighted by atomic mass is 9.96. The molecule has 0 saturated carbocycles. The Morgan fingerprint density at radius 2 is 2.03 bits per heavy atom. The third kappa shape index (κ3) is 4.33. The number of halogens is 2. The van der Waals surface area contributed by atoms with Crippen LogP contribution < -0.4 is 10.2 Å². The second-order valence-corrected chi connectivity index (χ2v) is 8.13. The summed E-state index contributed by atoms with van der Waals surface area (Å²) >= 11 is 5.78. The number of ketones is 1. The standard InChI is InChI=1S/C23H23ClFN3O2/c1-15-14-27(8-9-28(15)19-5-7-21(24)22(25)12-19)23(30)13-26-18-4-2-17-11-20(29)6-3-16(17)10-18/h2-7,10,12,15,26H,8-9,11,13-14H2,1H3/t15-/m1/s1. The molecule has 0 radical (unpaired) electrons. The lowest BCUT2D eigenvalue weighted by molar-refractivity contribution is -0.130. The smallest absolute Gasteiger partial charge is 0.242 e. The van der Waals surface area contributed by atoms with Crippen molar-refractivity contribution in [3.05, 3.63) is 64.4 Å². The molecule has 1 fully saturated rings. The number of carbonyl (C=O) groups excluding carboxylic acids is 2. The van der Waals surface area contributed by atoms with Gasteiger partial charge in [0.05, 0.1) is 11.6 Å². The van der Waals surface area contributed by atoms with Gasteiger partial charge in [-0.1, -0.05) is 23.7 Å². The minimum Gasteiger partial charge on any atom is -0.376 e. The van der Waals surface area contributed by atoms with Crippen LogP contribution in [0.25, 0.3) is 6.08 Å². The summed E-state index contributed by atoms with van der Waals surface area (Å²) < 4.78 is 13.8. The fraction of sp³-hybridized carbons (Fsp3) is 0.304. The van der Waals surface area contributed by atoms with Gasteiger partial charge in [-0.2, -0.15) is 0 Å². The lowest BCUT2D eigenvalue weighted by Crippen LogP contribution is -2.54. The SMILES string of the molecule is C[C@@H]1CN(C(=O)CNc2ccc3c(c2)C=CC(=O)C3)CCN1c1ccc(Cl)c(F)c1. The van der Waals surface area contributed by atoms with Crippen molar-refractivity contribution in [2.75, 3.05) is 36.4 Å². The third-order valence-electron chi connectivity index (χ3n) is 5.62. The predicted octanol–water partition coefficient (Wildman–Crippen LogP) is 3.77. The molecule has 1 heterocycles. The molecular weight excluding hydrogens is 405 g/mol. The molecule has 5 nitrogen and oxygen atoms in total. The van der Waals surface area contributed by atoms with Gasteiger partial charge in [-0.3, -0.25) is 9.59 Å². The van der Waals surface area contributed by atoms with Crippen molar-refractivity contribution in [1.82, 2.24) is 4.90 Å². The maximum absolute atomic E-state index is 13.8. The number of benzene rings is 2. The quantitative estimate of drug-likeness (QED) is 0.807. The number of rotatable bonds is 4. The van der Waals surface area contributed by atoms with E-state index < -0.39 is 5.82 Å². The van der Waals surface area contributed by atoms with Gasteiger partial charge in [0.15, 0.2) is 5.78 Å². The summed E-state index contributed by atoms with van der Waals surface area (Å²) in [6, 6.07) is 10.7. The molecule has 0 aromatic heterocycles. The van der Waals surface area contributed by atoms with Gasteiger partial charge in [-0.05, 0) is 54.5 Å². The zero-order valence-electron chi connectivity index (χ0n) is 16.7. The highest BCUT2D eigenvalue weighted by atomic mass is 35.5. The average Bonchev–Trinajstić information content (AvgIpc) is 2.74. The molecule has 7 heteroatoms. The molecule has 1 aliphatic carbocycles. The Morgan fingerprint density at radius 3 is 2.80 bits per heavy atom. The van der Waals surface area contributed by atoms with E-state index in [0.717, 1.165) is 22.5 Å². The Kier molecular flexibility index (Phi) is 5.77. The summed E-state index contributed by atoms with van der Waals surface area (Å²) in [6.07, 6.45) is 3.82. The van der Waals surface area contributed by atoms with Crippen molar-refractivity contribution >= 4 is 40.7 Å². The number of nitrogens with one attached hydrogen (secondary N) is 1. The third-order valence-corrected chi connectivity index (χ3v) is 5.92. The molecule has 2 aliphatic rings. The molecule has 1 saturated heterocycles. The van der Waals surface area contributed by atoms with Crippen LogP contribution >= 0.6 is 11.6 Å². The Balaban J connectivity index is 1.34. The van der Waals surface area contributed by atoms with E-state index >= 15 is 0 Å². The van der Waals surface area contributed by atoms with E-state index in [0.29, 0.717) is 26.1 Å². The number of allylic oxidation sites excluding steroid dienone is 1. The van der Waals surface area contributed by atoms with Crippen molar-refractivity contribution in [2.45, 2.75) is 19.4 Å². The van der Waals surface area contributed by atoms with E-state index in [1.54, 1.807) is 18.2 Å². The van der Waals surface area contributed by atoms with Crippen LogP contribution in [-0.4, -0.2) is 48.8 Å². The molecule has 1 N–H and O–H groups in total. The lowest BCUT2D eigenvalue weighted by Gasteiger charge is -2.41. The predicted molar refractivity (Wildman–Crippen MR) is 117 cm³/mol. The molecule has 0 bridgehead atoms. The van der Waals surface area contributed by atoms with Crippen LogP contribution in [0.4, 0.5) is 15.8 Å². The molecule has 4 rings (SSSR count). The average molecular weight is 428 g/mol. The van der Waals surface area contributed by atoms with E-state index in [4.69, 9.17) is 11.6 Å². The van der Waals surface area contributed by atoms with Crippen LogP contribution in [0, 0.1) is 5.82 Å². The van der Waals surface area contributed by atoms with Crippen molar-refractivity contribution in [1.29, 1.82) is 0 Å². The van der Waals surface area contributed by atoms with Crippen molar-refractivity contribution in [3.8, 4) is 0 Å². The normalized spacial score (nSPS) is 18.4. The largest absolute Gasteiger partial charge is 0.376 e. The number of hydrogen-bond donors (Lipinski definition) is 1. The highest BCUT2D eigenvalue weighted by Gasteiger charge is 2.27. The number of piperazine rings is 1. The van der Waals surface area contributed by atoms with E-state index in [9.17, 15) is 14.0 Å². The van der Waals surface area contributed by atoms with Gasteiger partial charge in [-0.25, -0.2) is 4.39 Å². The number of carbonyl (C=O) groups is 2. The van der Waals surface area contributed by atoms with Crippen molar-refractivity contribution < 1.29 is 14.0 Å². The van der Waals surface area contributed by atoms with Gasteiger partial charge in [0.2, 0.25) is 5.91 Å². The maximum Gasteiger partial charge on any atom is 0.242 e. The molecule has 2 aromatic rings. The first kappa shape index (κ1) is 20.4. The molecule has 30 heavy (non-hydrogen) atoms. The highest BCUT2D eigenvalue weighted by Crippen LogP contribution is 2.25. The summed E-state index contributed by atoms with van der Waals surface area (Å²) in [6.45, 7) is 4.00. The highest BCUT2D eigenvalue weighted by molar-refractivity contribution is 6.30. The maximum atomic E-state index is 13.8. The summed E-state index contributed by atoms with van der Waals surface area (Å²) in [5.74, 6) is -0.312. The fourth-order valence-electron chi connectivity index (χ4n) is 3.97. The van der Waals surface area contributed by atoms with Crippen LogP contribution in [0.1, 0.15) is 18.1 Å². The first-order valence-corrected chi connectivity index (χ1v) is 10.4. The Hall–Kier alpha value is -2.86.